The van der Waals surface area contributed by atoms with Gasteiger partial charge in [0.05, 0.1) is 10.4 Å². The number of pyridine rings is 1. The molecule has 3 rings (SSSR count). The van der Waals surface area contributed by atoms with Gasteiger partial charge in [-0.25, -0.2) is 17.9 Å². The minimum Gasteiger partial charge on any atom is -0.307 e. The monoisotopic (exact) mass is 445 g/mol. The van der Waals surface area contributed by atoms with Crippen LogP contribution in [0.3, 0.4) is 0 Å². The summed E-state index contributed by atoms with van der Waals surface area (Å²) < 4.78 is 28.0. The number of hydrogen-bond donors (Lipinski definition) is 2. The summed E-state index contributed by atoms with van der Waals surface area (Å²) in [5.74, 6) is 0.162. The second-order valence-corrected chi connectivity index (χ2v) is 9.74. The molecule has 0 aliphatic heterocycles. The highest BCUT2D eigenvalue weighted by atomic mass is 35.5. The number of aromatic nitrogens is 1. The molecule has 6 nitrogen and oxygen atoms in total. The number of anilines is 1. The topological polar surface area (TPSA) is 88.2 Å². The Morgan fingerprint density at radius 3 is 2.23 bits per heavy atom. The highest BCUT2D eigenvalue weighted by Crippen LogP contribution is 2.35. The summed E-state index contributed by atoms with van der Waals surface area (Å²) in [6, 6.07) is 10.8. The molecule has 3 aromatic rings. The van der Waals surface area contributed by atoms with Gasteiger partial charge in [0.15, 0.2) is 0 Å². The quantitative estimate of drug-likeness (QED) is 0.531. The Hall–Kier alpha value is -2.64. The molecule has 2 amide bonds. The van der Waals surface area contributed by atoms with Gasteiger partial charge in [-0.05, 0) is 59.4 Å². The van der Waals surface area contributed by atoms with Gasteiger partial charge in [0.25, 0.3) is 10.0 Å². The number of amides is 2. The van der Waals surface area contributed by atoms with E-state index in [1.54, 1.807) is 42.6 Å². The molecule has 158 valence electrons. The van der Waals surface area contributed by atoms with E-state index in [0.717, 1.165) is 11.1 Å². The zero-order chi connectivity index (χ0) is 22.1. The van der Waals surface area contributed by atoms with Gasteiger partial charge in [0.1, 0.15) is 0 Å². The van der Waals surface area contributed by atoms with E-state index in [-0.39, 0.29) is 16.7 Å². The van der Waals surface area contributed by atoms with Gasteiger partial charge in [0, 0.05) is 22.3 Å². The number of sulfonamides is 1. The van der Waals surface area contributed by atoms with E-state index >= 15 is 0 Å². The zero-order valence-corrected chi connectivity index (χ0v) is 18.8. The first-order valence-electron chi connectivity index (χ1n) is 9.61. The first kappa shape index (κ1) is 22.1. The minimum atomic E-state index is -4.11. The highest BCUT2D eigenvalue weighted by molar-refractivity contribution is 7.90. The lowest BCUT2D eigenvalue weighted by molar-refractivity contribution is 0.256. The van der Waals surface area contributed by atoms with E-state index in [1.165, 1.54) is 6.07 Å². The smallest absolute Gasteiger partial charge is 0.307 e. The van der Waals surface area contributed by atoms with E-state index in [4.69, 9.17) is 11.6 Å². The second-order valence-electron chi connectivity index (χ2n) is 7.65. The molecule has 0 aliphatic carbocycles. The SMILES string of the molecule is CC(C)c1cc(Cl)cc(C(C)C)c1NC(=O)NS(=O)(=O)c1cccc2ncccc12. The van der Waals surface area contributed by atoms with E-state index < -0.39 is 16.1 Å². The summed E-state index contributed by atoms with van der Waals surface area (Å²) in [4.78, 5) is 16.9. The maximum absolute atomic E-state index is 12.9. The normalized spacial score (nSPS) is 11.8. The Bertz CT molecular complexity index is 1170. The van der Waals surface area contributed by atoms with Crippen LogP contribution in [-0.2, 0) is 10.0 Å². The molecule has 0 unspecified atom stereocenters. The van der Waals surface area contributed by atoms with Crippen LogP contribution < -0.4 is 10.0 Å². The molecule has 0 saturated heterocycles. The van der Waals surface area contributed by atoms with Crippen LogP contribution in [0.25, 0.3) is 10.9 Å². The van der Waals surface area contributed by atoms with Crippen LogP contribution in [0.2, 0.25) is 5.02 Å². The van der Waals surface area contributed by atoms with Crippen molar-refractivity contribution >= 4 is 44.2 Å². The van der Waals surface area contributed by atoms with Gasteiger partial charge < -0.3 is 5.32 Å². The fourth-order valence-corrected chi connectivity index (χ4v) is 4.69. The molecule has 30 heavy (non-hydrogen) atoms. The molecular formula is C22H24ClN3O3S. The number of hydrogen-bond acceptors (Lipinski definition) is 4. The molecule has 0 bridgehead atoms. The van der Waals surface area contributed by atoms with E-state index in [0.29, 0.717) is 21.6 Å². The van der Waals surface area contributed by atoms with Crippen molar-refractivity contribution < 1.29 is 13.2 Å². The average Bonchev–Trinajstić information content (AvgIpc) is 2.67. The molecule has 0 atom stereocenters. The van der Waals surface area contributed by atoms with Crippen LogP contribution in [0.1, 0.15) is 50.7 Å². The largest absolute Gasteiger partial charge is 0.333 e. The van der Waals surface area contributed by atoms with Crippen LogP contribution in [0.4, 0.5) is 10.5 Å². The van der Waals surface area contributed by atoms with E-state index in [9.17, 15) is 13.2 Å². The minimum absolute atomic E-state index is 0.00692. The first-order valence-corrected chi connectivity index (χ1v) is 11.5. The summed E-state index contributed by atoms with van der Waals surface area (Å²) in [5, 5.41) is 3.76. The summed E-state index contributed by atoms with van der Waals surface area (Å²) in [5.41, 5.74) is 2.79. The lowest BCUT2D eigenvalue weighted by Gasteiger charge is -2.21. The van der Waals surface area contributed by atoms with Crippen LogP contribution >= 0.6 is 11.6 Å². The third-order valence-electron chi connectivity index (χ3n) is 4.77. The van der Waals surface area contributed by atoms with Gasteiger partial charge in [-0.1, -0.05) is 45.4 Å². The lowest BCUT2D eigenvalue weighted by atomic mass is 9.92. The molecule has 1 heterocycles. The van der Waals surface area contributed by atoms with Crippen LogP contribution in [0.15, 0.2) is 53.6 Å². The number of rotatable bonds is 5. The molecule has 2 N–H and O–H groups in total. The molecule has 2 aromatic carbocycles. The third kappa shape index (κ3) is 4.57. The van der Waals surface area contributed by atoms with E-state index in [2.05, 4.69) is 15.0 Å². The standard InChI is InChI=1S/C22H24ClN3O3S/c1-13(2)17-11-15(23)12-18(14(3)4)21(17)25-22(27)26-30(28,29)20-9-5-8-19-16(20)7-6-10-24-19/h5-14H,1-4H3,(H2,25,26,27). The van der Waals surface area contributed by atoms with Gasteiger partial charge in [-0.3, -0.25) is 4.98 Å². The predicted octanol–water partition coefficient (Wildman–Crippen LogP) is 5.65. The third-order valence-corrected chi connectivity index (χ3v) is 6.38. The summed E-state index contributed by atoms with van der Waals surface area (Å²) in [6.07, 6.45) is 1.58. The Kier molecular flexibility index (Phi) is 6.33. The number of carbonyl (C=O) groups excluding carboxylic acids is 1. The fraction of sp³-hybridized carbons (Fsp3) is 0.273. The number of fused-ring (bicyclic) bond motifs is 1. The summed E-state index contributed by atoms with van der Waals surface area (Å²) in [6.45, 7) is 7.94. The average molecular weight is 446 g/mol. The maximum atomic E-state index is 12.9. The molecule has 0 fully saturated rings. The Morgan fingerprint density at radius 1 is 1.00 bits per heavy atom. The molecule has 0 spiro atoms. The molecular weight excluding hydrogens is 422 g/mol. The van der Waals surface area contributed by atoms with Crippen molar-refractivity contribution in [2.45, 2.75) is 44.4 Å². The number of benzene rings is 2. The molecule has 8 heteroatoms. The van der Waals surface area contributed by atoms with Crippen molar-refractivity contribution in [3.63, 3.8) is 0 Å². The van der Waals surface area contributed by atoms with Gasteiger partial charge in [-0.2, -0.15) is 0 Å². The Balaban J connectivity index is 1.96. The van der Waals surface area contributed by atoms with Crippen molar-refractivity contribution in [2.75, 3.05) is 5.32 Å². The van der Waals surface area contributed by atoms with Crippen molar-refractivity contribution in [3.05, 3.63) is 64.8 Å². The zero-order valence-electron chi connectivity index (χ0n) is 17.2. The second kappa shape index (κ2) is 8.62. The molecule has 0 aliphatic rings. The number of halogens is 1. The first-order chi connectivity index (χ1) is 14.1. The fourth-order valence-electron chi connectivity index (χ4n) is 3.33. The van der Waals surface area contributed by atoms with Crippen molar-refractivity contribution in [2.24, 2.45) is 0 Å². The summed E-state index contributed by atoms with van der Waals surface area (Å²) >= 11 is 6.26. The van der Waals surface area contributed by atoms with Gasteiger partial charge in [0.2, 0.25) is 0 Å². The van der Waals surface area contributed by atoms with Crippen LogP contribution in [-0.4, -0.2) is 19.4 Å². The number of nitrogens with zero attached hydrogens (tertiary/aromatic N) is 1. The van der Waals surface area contributed by atoms with Crippen molar-refractivity contribution in [3.8, 4) is 0 Å². The van der Waals surface area contributed by atoms with Crippen LogP contribution in [0.5, 0.6) is 0 Å². The van der Waals surface area contributed by atoms with Crippen LogP contribution in [0, 0.1) is 0 Å². The molecule has 0 radical (unpaired) electrons. The van der Waals surface area contributed by atoms with Crippen molar-refractivity contribution in [1.82, 2.24) is 9.71 Å². The molecule has 1 aromatic heterocycles. The maximum Gasteiger partial charge on any atom is 0.333 e. The van der Waals surface area contributed by atoms with Gasteiger partial charge in [-0.15, -0.1) is 0 Å². The van der Waals surface area contributed by atoms with Crippen molar-refractivity contribution in [1.29, 1.82) is 0 Å². The molecule has 0 saturated carbocycles. The Labute approximate surface area is 181 Å². The highest BCUT2D eigenvalue weighted by Gasteiger charge is 2.23. The lowest BCUT2D eigenvalue weighted by Crippen LogP contribution is -2.35. The predicted molar refractivity (Wildman–Crippen MR) is 121 cm³/mol. The number of carbonyl (C=O) groups is 1. The summed E-state index contributed by atoms with van der Waals surface area (Å²) in [7, 11) is -4.11. The number of nitrogens with one attached hydrogen (secondary N) is 2. The van der Waals surface area contributed by atoms with E-state index in [1.807, 2.05) is 27.7 Å². The number of urea groups is 1. The Morgan fingerprint density at radius 2 is 1.63 bits per heavy atom. The van der Waals surface area contributed by atoms with Gasteiger partial charge >= 0.3 is 6.03 Å².